The number of amides is 1. The minimum absolute atomic E-state index is 0.292. The topological polar surface area (TPSA) is 64.7 Å². The minimum Gasteiger partial charge on any atom is -0.318 e. The minimum atomic E-state index is -0.292. The van der Waals surface area contributed by atoms with Crippen molar-refractivity contribution in [1.82, 2.24) is 19.6 Å². The van der Waals surface area contributed by atoms with Crippen LogP contribution in [0.4, 0.5) is 5.69 Å². The van der Waals surface area contributed by atoms with Crippen LogP contribution in [0.3, 0.4) is 0 Å². The van der Waals surface area contributed by atoms with Gasteiger partial charge in [-0.3, -0.25) is 14.2 Å². The molecule has 0 aromatic carbocycles. The van der Waals surface area contributed by atoms with Crippen molar-refractivity contribution in [3.63, 3.8) is 0 Å². The van der Waals surface area contributed by atoms with Crippen LogP contribution >= 0.6 is 11.6 Å². The molecule has 0 aliphatic rings. The van der Waals surface area contributed by atoms with Crippen LogP contribution in [0.1, 0.15) is 21.9 Å². The summed E-state index contributed by atoms with van der Waals surface area (Å²) in [7, 11) is 3.48. The zero-order valence-corrected chi connectivity index (χ0v) is 11.4. The molecule has 0 spiro atoms. The third-order valence-electron chi connectivity index (χ3n) is 2.63. The summed E-state index contributed by atoms with van der Waals surface area (Å²) in [5.41, 5.74) is 2.39. The van der Waals surface area contributed by atoms with Gasteiger partial charge in [-0.15, -0.1) is 0 Å². The van der Waals surface area contributed by atoms with Crippen molar-refractivity contribution in [3.05, 3.63) is 28.3 Å². The first kappa shape index (κ1) is 12.6. The van der Waals surface area contributed by atoms with E-state index in [0.717, 1.165) is 5.69 Å². The first-order valence-electron chi connectivity index (χ1n) is 5.41. The Morgan fingerprint density at radius 1 is 1.28 bits per heavy atom. The predicted molar refractivity (Wildman–Crippen MR) is 68.9 cm³/mol. The number of hydrogen-bond acceptors (Lipinski definition) is 3. The number of nitrogens with one attached hydrogen (secondary N) is 1. The van der Waals surface area contributed by atoms with Crippen molar-refractivity contribution in [2.75, 3.05) is 5.32 Å². The summed E-state index contributed by atoms with van der Waals surface area (Å²) < 4.78 is 3.11. The third-order valence-corrected chi connectivity index (χ3v) is 3.08. The van der Waals surface area contributed by atoms with Gasteiger partial charge in [0.1, 0.15) is 5.69 Å². The summed E-state index contributed by atoms with van der Waals surface area (Å²) in [5, 5.41) is 11.4. The van der Waals surface area contributed by atoms with Crippen LogP contribution in [0.2, 0.25) is 5.02 Å². The fourth-order valence-corrected chi connectivity index (χ4v) is 2.03. The lowest BCUT2D eigenvalue weighted by Crippen LogP contribution is -2.16. The fourth-order valence-electron chi connectivity index (χ4n) is 1.78. The van der Waals surface area contributed by atoms with E-state index in [1.165, 1.54) is 4.68 Å². The number of aromatic nitrogens is 4. The van der Waals surface area contributed by atoms with Gasteiger partial charge in [0.25, 0.3) is 5.91 Å². The highest BCUT2D eigenvalue weighted by atomic mass is 35.5. The molecule has 18 heavy (non-hydrogen) atoms. The van der Waals surface area contributed by atoms with Crippen LogP contribution in [0, 0.1) is 13.8 Å². The second-order valence-corrected chi connectivity index (χ2v) is 4.51. The van der Waals surface area contributed by atoms with Crippen LogP contribution in [0.15, 0.2) is 6.20 Å². The number of aryl methyl sites for hydroxylation is 4. The highest BCUT2D eigenvalue weighted by Crippen LogP contribution is 2.21. The predicted octanol–water partition coefficient (Wildman–Crippen LogP) is 1.68. The van der Waals surface area contributed by atoms with E-state index in [0.29, 0.717) is 22.1 Å². The Labute approximate surface area is 110 Å². The van der Waals surface area contributed by atoms with Crippen molar-refractivity contribution in [1.29, 1.82) is 0 Å². The van der Waals surface area contributed by atoms with Crippen molar-refractivity contribution >= 4 is 23.2 Å². The van der Waals surface area contributed by atoms with Crippen molar-refractivity contribution < 1.29 is 4.79 Å². The van der Waals surface area contributed by atoms with E-state index >= 15 is 0 Å². The van der Waals surface area contributed by atoms with E-state index < -0.39 is 0 Å². The van der Waals surface area contributed by atoms with Gasteiger partial charge >= 0.3 is 0 Å². The number of anilines is 1. The average molecular weight is 268 g/mol. The molecule has 0 radical (unpaired) electrons. The maximum Gasteiger partial charge on any atom is 0.275 e. The second kappa shape index (κ2) is 4.45. The number of carbonyl (C=O) groups excluding carboxylic acids is 1. The van der Waals surface area contributed by atoms with E-state index in [1.54, 1.807) is 31.9 Å². The molecule has 96 valence electrons. The number of nitrogens with zero attached hydrogens (tertiary/aromatic N) is 4. The van der Waals surface area contributed by atoms with Crippen LogP contribution in [-0.2, 0) is 14.1 Å². The zero-order chi connectivity index (χ0) is 13.4. The molecule has 2 heterocycles. The zero-order valence-electron chi connectivity index (χ0n) is 10.7. The second-order valence-electron chi connectivity index (χ2n) is 4.13. The molecule has 1 N–H and O–H groups in total. The third kappa shape index (κ3) is 2.11. The Kier molecular flexibility index (Phi) is 3.13. The van der Waals surface area contributed by atoms with E-state index in [1.807, 2.05) is 6.92 Å². The van der Waals surface area contributed by atoms with E-state index in [4.69, 9.17) is 11.6 Å². The summed E-state index contributed by atoms with van der Waals surface area (Å²) in [6.45, 7) is 3.58. The maximum absolute atomic E-state index is 12.1. The summed E-state index contributed by atoms with van der Waals surface area (Å²) in [5.74, 6) is -0.292. The highest BCUT2D eigenvalue weighted by molar-refractivity contribution is 6.34. The Bertz CT molecular complexity index is 613. The van der Waals surface area contributed by atoms with Gasteiger partial charge in [0, 0.05) is 20.3 Å². The normalized spacial score (nSPS) is 10.7. The monoisotopic (exact) mass is 267 g/mol. The fraction of sp³-hybridized carbons (Fsp3) is 0.364. The molecular formula is C11H14ClN5O. The molecule has 6 nitrogen and oxygen atoms in total. The summed E-state index contributed by atoms with van der Waals surface area (Å²) in [6.07, 6.45) is 1.74. The number of halogens is 1. The van der Waals surface area contributed by atoms with Gasteiger partial charge in [0.15, 0.2) is 0 Å². The summed E-state index contributed by atoms with van der Waals surface area (Å²) in [4.78, 5) is 12.1. The Morgan fingerprint density at radius 3 is 2.39 bits per heavy atom. The first-order chi connectivity index (χ1) is 8.40. The number of rotatable bonds is 2. The molecule has 0 bridgehead atoms. The Hall–Kier alpha value is -1.82. The van der Waals surface area contributed by atoms with Crippen molar-refractivity contribution in [2.24, 2.45) is 14.1 Å². The summed E-state index contributed by atoms with van der Waals surface area (Å²) in [6, 6.07) is 0. The van der Waals surface area contributed by atoms with Gasteiger partial charge in [-0.1, -0.05) is 11.6 Å². The van der Waals surface area contributed by atoms with E-state index in [2.05, 4.69) is 15.5 Å². The van der Waals surface area contributed by atoms with Crippen LogP contribution < -0.4 is 5.32 Å². The highest BCUT2D eigenvalue weighted by Gasteiger charge is 2.19. The van der Waals surface area contributed by atoms with Gasteiger partial charge < -0.3 is 5.32 Å². The van der Waals surface area contributed by atoms with E-state index in [9.17, 15) is 4.79 Å². The van der Waals surface area contributed by atoms with Gasteiger partial charge in [0.05, 0.1) is 22.1 Å². The molecule has 1 amide bonds. The van der Waals surface area contributed by atoms with Crippen LogP contribution in [0.5, 0.6) is 0 Å². The molecule has 2 aromatic rings. The van der Waals surface area contributed by atoms with Gasteiger partial charge in [0.2, 0.25) is 0 Å². The molecule has 0 aliphatic carbocycles. The molecule has 0 unspecified atom stereocenters. The lowest BCUT2D eigenvalue weighted by Gasteiger charge is -2.04. The molecule has 0 aliphatic heterocycles. The van der Waals surface area contributed by atoms with Crippen molar-refractivity contribution in [2.45, 2.75) is 13.8 Å². The molecule has 0 saturated carbocycles. The van der Waals surface area contributed by atoms with Gasteiger partial charge in [-0.2, -0.15) is 10.2 Å². The Morgan fingerprint density at radius 2 is 1.94 bits per heavy atom. The SMILES string of the molecule is Cc1nn(C)cc1NC(=O)c1c(Cl)c(C)nn1C. The standard InChI is InChI=1S/C11H14ClN5O/c1-6-8(5-16(3)14-6)13-11(18)10-9(12)7(2)15-17(10)4/h5H,1-4H3,(H,13,18). The van der Waals surface area contributed by atoms with E-state index in [-0.39, 0.29) is 5.91 Å². The molecule has 2 aromatic heterocycles. The molecular weight excluding hydrogens is 254 g/mol. The molecule has 0 saturated heterocycles. The molecule has 7 heteroatoms. The van der Waals surface area contributed by atoms with Crippen LogP contribution in [0.25, 0.3) is 0 Å². The lowest BCUT2D eigenvalue weighted by atomic mass is 10.3. The lowest BCUT2D eigenvalue weighted by molar-refractivity contribution is 0.101. The van der Waals surface area contributed by atoms with Crippen LogP contribution in [-0.4, -0.2) is 25.5 Å². The largest absolute Gasteiger partial charge is 0.318 e. The first-order valence-corrected chi connectivity index (χ1v) is 5.78. The van der Waals surface area contributed by atoms with Gasteiger partial charge in [-0.05, 0) is 13.8 Å². The Balaban J connectivity index is 2.30. The number of carbonyl (C=O) groups is 1. The van der Waals surface area contributed by atoms with Crippen molar-refractivity contribution in [3.8, 4) is 0 Å². The quantitative estimate of drug-likeness (QED) is 0.900. The maximum atomic E-state index is 12.1. The molecule has 0 atom stereocenters. The molecule has 2 rings (SSSR count). The molecule has 0 fully saturated rings. The smallest absolute Gasteiger partial charge is 0.275 e. The van der Waals surface area contributed by atoms with Gasteiger partial charge in [-0.25, -0.2) is 0 Å². The number of hydrogen-bond donors (Lipinski definition) is 1. The summed E-state index contributed by atoms with van der Waals surface area (Å²) >= 11 is 6.06. The average Bonchev–Trinajstić information content (AvgIpc) is 2.69.